The van der Waals surface area contributed by atoms with Crippen molar-refractivity contribution in [1.82, 2.24) is 10.2 Å². The minimum atomic E-state index is 0.0301. The highest BCUT2D eigenvalue weighted by Crippen LogP contribution is 2.29. The summed E-state index contributed by atoms with van der Waals surface area (Å²) in [5.41, 5.74) is 0.920. The summed E-state index contributed by atoms with van der Waals surface area (Å²) in [5, 5.41) is 5.70. The molecule has 0 radical (unpaired) electrons. The number of furan rings is 1. The second-order valence-electron chi connectivity index (χ2n) is 7.18. The first-order chi connectivity index (χ1) is 13.7. The van der Waals surface area contributed by atoms with Crippen LogP contribution >= 0.6 is 22.9 Å². The first-order valence-electron chi connectivity index (χ1n) is 9.57. The van der Waals surface area contributed by atoms with E-state index < -0.39 is 0 Å². The zero-order chi connectivity index (χ0) is 19.3. The molecule has 1 aromatic carbocycles. The molecule has 0 saturated carbocycles. The third-order valence-electron chi connectivity index (χ3n) is 5.08. The van der Waals surface area contributed by atoms with E-state index in [9.17, 15) is 4.79 Å². The summed E-state index contributed by atoms with van der Waals surface area (Å²) in [4.78, 5) is 15.3. The van der Waals surface area contributed by atoms with Gasteiger partial charge in [0.2, 0.25) is 0 Å². The van der Waals surface area contributed by atoms with Crippen LogP contribution in [0.5, 0.6) is 0 Å². The third kappa shape index (κ3) is 4.66. The molecule has 4 nitrogen and oxygen atoms in total. The maximum Gasteiger partial charge on any atom is 0.261 e. The van der Waals surface area contributed by atoms with E-state index in [4.69, 9.17) is 16.0 Å². The average Bonchev–Trinajstić information content (AvgIpc) is 3.39. The largest absolute Gasteiger partial charge is 0.460 e. The molecule has 146 valence electrons. The molecule has 1 fully saturated rings. The van der Waals surface area contributed by atoms with Gasteiger partial charge in [-0.2, -0.15) is 0 Å². The van der Waals surface area contributed by atoms with Gasteiger partial charge in [-0.25, -0.2) is 0 Å². The van der Waals surface area contributed by atoms with Crippen LogP contribution in [0.3, 0.4) is 0 Å². The van der Waals surface area contributed by atoms with Gasteiger partial charge in [-0.15, -0.1) is 11.3 Å². The quantitative estimate of drug-likeness (QED) is 0.595. The maximum absolute atomic E-state index is 12.1. The second-order valence-corrected chi connectivity index (χ2v) is 8.53. The van der Waals surface area contributed by atoms with Gasteiger partial charge in [-0.1, -0.05) is 29.8 Å². The van der Waals surface area contributed by atoms with Crippen LogP contribution in [0, 0.1) is 5.92 Å². The normalized spacial score (nSPS) is 17.5. The zero-order valence-corrected chi connectivity index (χ0v) is 17.1. The number of carbonyl (C=O) groups is 1. The molecule has 3 heterocycles. The summed E-state index contributed by atoms with van der Waals surface area (Å²) < 4.78 is 6.04. The average molecular weight is 415 g/mol. The zero-order valence-electron chi connectivity index (χ0n) is 15.6. The lowest BCUT2D eigenvalue weighted by Gasteiger charge is -2.32. The van der Waals surface area contributed by atoms with Gasteiger partial charge >= 0.3 is 0 Å². The van der Waals surface area contributed by atoms with Crippen LogP contribution in [0.25, 0.3) is 11.3 Å². The fourth-order valence-electron chi connectivity index (χ4n) is 3.68. The van der Waals surface area contributed by atoms with E-state index in [1.807, 2.05) is 53.9 Å². The first-order valence-corrected chi connectivity index (χ1v) is 10.8. The number of hydrogen-bond acceptors (Lipinski definition) is 4. The third-order valence-corrected chi connectivity index (χ3v) is 6.28. The molecule has 0 unspecified atom stereocenters. The van der Waals surface area contributed by atoms with Crippen molar-refractivity contribution in [2.45, 2.75) is 19.4 Å². The van der Waals surface area contributed by atoms with E-state index in [1.54, 1.807) is 0 Å². The number of likely N-dealkylation sites (tertiary alicyclic amines) is 1. The Bertz CT molecular complexity index is 922. The highest BCUT2D eigenvalue weighted by atomic mass is 35.5. The van der Waals surface area contributed by atoms with Crippen LogP contribution in [-0.2, 0) is 6.54 Å². The Balaban J connectivity index is 1.32. The lowest BCUT2D eigenvalue weighted by molar-refractivity contribution is 0.0932. The number of piperidine rings is 1. The fraction of sp³-hybridized carbons (Fsp3) is 0.318. The molecule has 2 aromatic heterocycles. The van der Waals surface area contributed by atoms with Gasteiger partial charge < -0.3 is 9.73 Å². The Labute approximate surface area is 174 Å². The molecular weight excluding hydrogens is 392 g/mol. The van der Waals surface area contributed by atoms with Crippen molar-refractivity contribution in [3.63, 3.8) is 0 Å². The highest BCUT2D eigenvalue weighted by Gasteiger charge is 2.22. The molecule has 1 aliphatic rings. The van der Waals surface area contributed by atoms with Crippen LogP contribution < -0.4 is 5.32 Å². The SMILES string of the molecule is O=C(NC[C@H]1CCCN(Cc2ccc(-c3ccccc3Cl)o2)C1)c1cccs1. The number of benzene rings is 1. The number of rotatable bonds is 6. The Morgan fingerprint density at radius 1 is 1.21 bits per heavy atom. The molecule has 4 rings (SSSR count). The molecule has 0 aliphatic carbocycles. The summed E-state index contributed by atoms with van der Waals surface area (Å²) in [5.74, 6) is 2.24. The van der Waals surface area contributed by atoms with Crippen molar-refractivity contribution in [3.8, 4) is 11.3 Å². The smallest absolute Gasteiger partial charge is 0.261 e. The van der Waals surface area contributed by atoms with Gasteiger partial charge in [0.05, 0.1) is 16.4 Å². The van der Waals surface area contributed by atoms with Crippen molar-refractivity contribution in [1.29, 1.82) is 0 Å². The Morgan fingerprint density at radius 3 is 2.93 bits per heavy atom. The van der Waals surface area contributed by atoms with Crippen molar-refractivity contribution in [2.24, 2.45) is 5.92 Å². The molecule has 3 aromatic rings. The summed E-state index contributed by atoms with van der Waals surface area (Å²) in [6.45, 7) is 3.51. The Kier molecular flexibility index (Phi) is 6.15. The van der Waals surface area contributed by atoms with E-state index >= 15 is 0 Å². The van der Waals surface area contributed by atoms with Crippen molar-refractivity contribution in [2.75, 3.05) is 19.6 Å². The van der Waals surface area contributed by atoms with Gasteiger partial charge in [0, 0.05) is 18.7 Å². The summed E-state index contributed by atoms with van der Waals surface area (Å²) in [6.07, 6.45) is 2.28. The van der Waals surface area contributed by atoms with Crippen LogP contribution in [0.1, 0.15) is 28.3 Å². The predicted octanol–water partition coefficient (Wildman–Crippen LogP) is 5.30. The summed E-state index contributed by atoms with van der Waals surface area (Å²) >= 11 is 7.75. The van der Waals surface area contributed by atoms with Gasteiger partial charge in [0.1, 0.15) is 11.5 Å². The minimum absolute atomic E-state index is 0.0301. The van der Waals surface area contributed by atoms with Crippen LogP contribution in [0.15, 0.2) is 58.3 Å². The van der Waals surface area contributed by atoms with Crippen molar-refractivity contribution < 1.29 is 9.21 Å². The molecule has 1 amide bonds. The molecule has 1 N–H and O–H groups in total. The number of hydrogen-bond donors (Lipinski definition) is 1. The second kappa shape index (κ2) is 8.95. The molecule has 1 atom stereocenters. The number of carbonyl (C=O) groups excluding carboxylic acids is 1. The lowest BCUT2D eigenvalue weighted by Crippen LogP contribution is -2.40. The van der Waals surface area contributed by atoms with Crippen LogP contribution in [0.2, 0.25) is 5.02 Å². The highest BCUT2D eigenvalue weighted by molar-refractivity contribution is 7.12. The Morgan fingerprint density at radius 2 is 2.11 bits per heavy atom. The molecular formula is C22H23ClN2O2S. The first kappa shape index (κ1) is 19.2. The maximum atomic E-state index is 12.1. The fourth-order valence-corrected chi connectivity index (χ4v) is 4.55. The molecule has 28 heavy (non-hydrogen) atoms. The van der Waals surface area contributed by atoms with Crippen LogP contribution in [0.4, 0.5) is 0 Å². The van der Waals surface area contributed by atoms with E-state index in [-0.39, 0.29) is 5.91 Å². The monoisotopic (exact) mass is 414 g/mol. The van der Waals surface area contributed by atoms with Crippen LogP contribution in [-0.4, -0.2) is 30.4 Å². The van der Waals surface area contributed by atoms with Gasteiger partial charge in [-0.3, -0.25) is 9.69 Å². The van der Waals surface area contributed by atoms with Crippen molar-refractivity contribution >= 4 is 28.8 Å². The standard InChI is InChI=1S/C22H23ClN2O2S/c23-19-7-2-1-6-18(19)20-10-9-17(27-20)15-25-11-3-5-16(14-25)13-24-22(26)21-8-4-12-28-21/h1-2,4,6-10,12,16H,3,5,11,13-15H2,(H,24,26)/t16-/m1/s1. The van der Waals surface area contributed by atoms with Gasteiger partial charge in [0.15, 0.2) is 0 Å². The molecule has 6 heteroatoms. The van der Waals surface area contributed by atoms with Gasteiger partial charge in [0.25, 0.3) is 5.91 Å². The number of thiophene rings is 1. The summed E-state index contributed by atoms with van der Waals surface area (Å²) in [7, 11) is 0. The predicted molar refractivity (Wildman–Crippen MR) is 114 cm³/mol. The van der Waals surface area contributed by atoms with E-state index in [0.29, 0.717) is 10.9 Å². The number of nitrogens with zero attached hydrogens (tertiary/aromatic N) is 1. The molecule has 0 bridgehead atoms. The lowest BCUT2D eigenvalue weighted by atomic mass is 9.98. The number of halogens is 1. The van der Waals surface area contributed by atoms with E-state index in [2.05, 4.69) is 10.2 Å². The molecule has 1 aliphatic heterocycles. The van der Waals surface area contributed by atoms with Crippen molar-refractivity contribution in [3.05, 3.63) is 69.6 Å². The minimum Gasteiger partial charge on any atom is -0.460 e. The van der Waals surface area contributed by atoms with E-state index in [1.165, 1.54) is 11.3 Å². The van der Waals surface area contributed by atoms with E-state index in [0.717, 1.165) is 61.0 Å². The van der Waals surface area contributed by atoms with Gasteiger partial charge in [-0.05, 0) is 61.0 Å². The summed E-state index contributed by atoms with van der Waals surface area (Å²) in [6, 6.07) is 15.5. The number of amides is 1. The molecule has 1 saturated heterocycles. The number of nitrogens with one attached hydrogen (secondary N) is 1. The Hall–Kier alpha value is -2.08. The topological polar surface area (TPSA) is 45.5 Å². The molecule has 0 spiro atoms.